The molecule has 0 unspecified atom stereocenters. The van der Waals surface area contributed by atoms with Gasteiger partial charge in [-0.05, 0) is 29.8 Å². The molecule has 0 saturated heterocycles. The van der Waals surface area contributed by atoms with E-state index in [-0.39, 0.29) is 37.5 Å². The minimum Gasteiger partial charge on any atom is -0.495 e. The highest BCUT2D eigenvalue weighted by atomic mass is 35.5. The molecule has 0 radical (unpaired) electrons. The zero-order valence-corrected chi connectivity index (χ0v) is 19.2. The van der Waals surface area contributed by atoms with Crippen molar-refractivity contribution < 1.29 is 26.0 Å². The van der Waals surface area contributed by atoms with Crippen LogP contribution in [-0.4, -0.2) is 35.2 Å². The van der Waals surface area contributed by atoms with Crippen LogP contribution in [0.3, 0.4) is 0 Å². The molecule has 1 N–H and O–H groups in total. The fourth-order valence-corrected chi connectivity index (χ4v) is 5.13. The van der Waals surface area contributed by atoms with Crippen LogP contribution in [0.25, 0.3) is 11.1 Å². The highest BCUT2D eigenvalue weighted by molar-refractivity contribution is 7.92. The summed E-state index contributed by atoms with van der Waals surface area (Å²) in [7, 11) is -6.59. The zero-order valence-electron chi connectivity index (χ0n) is 16.1. The van der Waals surface area contributed by atoms with E-state index in [1.807, 2.05) is 0 Å². The molecule has 1 heterocycles. The Bertz CT molecular complexity index is 1380. The summed E-state index contributed by atoms with van der Waals surface area (Å²) in [5.41, 5.74) is 0.243. The van der Waals surface area contributed by atoms with E-state index in [1.54, 1.807) is 0 Å². The number of aromatic nitrogens is 1. The minimum atomic E-state index is -4.16. The second-order valence-electron chi connectivity index (χ2n) is 6.39. The van der Waals surface area contributed by atoms with E-state index in [9.17, 15) is 21.2 Å². The summed E-state index contributed by atoms with van der Waals surface area (Å²) in [5.74, 6) is -0.773. The Morgan fingerprint density at radius 2 is 1.74 bits per heavy atom. The molecule has 3 aromatic rings. The molecular weight excluding hydrogens is 490 g/mol. The molecule has 2 aromatic carbocycles. The van der Waals surface area contributed by atoms with Crippen LogP contribution in [0.4, 0.5) is 10.1 Å². The fourth-order valence-electron chi connectivity index (χ4n) is 2.72. The first-order chi connectivity index (χ1) is 14.4. The van der Waals surface area contributed by atoms with Gasteiger partial charge in [0, 0.05) is 29.1 Å². The zero-order chi connectivity index (χ0) is 23.0. The number of hydrogen-bond donors (Lipinski definition) is 1. The van der Waals surface area contributed by atoms with Gasteiger partial charge in [-0.25, -0.2) is 21.2 Å². The third kappa shape index (κ3) is 5.09. The van der Waals surface area contributed by atoms with Gasteiger partial charge in [-0.3, -0.25) is 9.71 Å². The van der Waals surface area contributed by atoms with Crippen LogP contribution in [0.2, 0.25) is 10.0 Å². The Balaban J connectivity index is 2.14. The molecule has 3 rings (SSSR count). The number of ether oxygens (including phenoxy) is 1. The predicted molar refractivity (Wildman–Crippen MR) is 117 cm³/mol. The van der Waals surface area contributed by atoms with Crippen molar-refractivity contribution >= 4 is 48.7 Å². The number of rotatable bonds is 6. The molecule has 7 nitrogen and oxygen atoms in total. The number of sulfone groups is 1. The predicted octanol–water partition coefficient (Wildman–Crippen LogP) is 4.41. The molecule has 0 aliphatic heterocycles. The summed E-state index contributed by atoms with van der Waals surface area (Å²) in [6, 6.07) is 7.33. The molecule has 0 amide bonds. The van der Waals surface area contributed by atoms with Crippen LogP contribution >= 0.6 is 23.2 Å². The Kier molecular flexibility index (Phi) is 6.47. The number of halogens is 3. The Hall–Kier alpha value is -2.40. The van der Waals surface area contributed by atoms with Crippen molar-refractivity contribution in [3.63, 3.8) is 0 Å². The van der Waals surface area contributed by atoms with Crippen LogP contribution in [0, 0.1) is 5.82 Å². The number of methoxy groups -OCH3 is 1. The van der Waals surface area contributed by atoms with Gasteiger partial charge in [-0.15, -0.1) is 0 Å². The summed E-state index contributed by atoms with van der Waals surface area (Å²) in [5, 5.41) is 0.119. The van der Waals surface area contributed by atoms with E-state index in [0.717, 1.165) is 24.6 Å². The van der Waals surface area contributed by atoms with E-state index < -0.39 is 30.6 Å². The van der Waals surface area contributed by atoms with Crippen LogP contribution in [0.5, 0.6) is 5.75 Å². The number of nitrogens with zero attached hydrogens (tertiary/aromatic N) is 1. The fraction of sp³-hybridized carbons (Fsp3) is 0.105. The number of nitrogens with one attached hydrogen (secondary N) is 1. The lowest BCUT2D eigenvalue weighted by atomic mass is 10.0. The number of benzene rings is 2. The molecule has 31 heavy (non-hydrogen) atoms. The number of hydrogen-bond acceptors (Lipinski definition) is 6. The van der Waals surface area contributed by atoms with Crippen molar-refractivity contribution in [2.45, 2.75) is 9.79 Å². The summed E-state index contributed by atoms with van der Waals surface area (Å²) in [4.78, 5) is 3.14. The van der Waals surface area contributed by atoms with Crippen LogP contribution in [0.15, 0.2) is 58.6 Å². The Morgan fingerprint density at radius 1 is 1.03 bits per heavy atom. The molecule has 0 bridgehead atoms. The van der Waals surface area contributed by atoms with Crippen molar-refractivity contribution in [3.8, 4) is 16.9 Å². The molecule has 12 heteroatoms. The lowest BCUT2D eigenvalue weighted by molar-refractivity contribution is 0.411. The molecule has 0 fully saturated rings. The molecule has 0 atom stereocenters. The Labute approximate surface area is 188 Å². The molecule has 0 aliphatic rings. The summed E-state index contributed by atoms with van der Waals surface area (Å²) >= 11 is 12.3. The molecular formula is C19H15Cl2FN2O5S2. The second-order valence-corrected chi connectivity index (χ2v) is 10.9. The van der Waals surface area contributed by atoms with Crippen LogP contribution < -0.4 is 9.46 Å². The maximum absolute atomic E-state index is 14.4. The van der Waals surface area contributed by atoms with Gasteiger partial charge >= 0.3 is 0 Å². The van der Waals surface area contributed by atoms with Crippen molar-refractivity contribution in [1.29, 1.82) is 0 Å². The van der Waals surface area contributed by atoms with Gasteiger partial charge in [0.05, 0.1) is 24.0 Å². The number of sulfonamides is 1. The first kappa shape index (κ1) is 23.3. The summed E-state index contributed by atoms with van der Waals surface area (Å²) in [6.07, 6.45) is 3.34. The largest absolute Gasteiger partial charge is 0.495 e. The molecule has 164 valence electrons. The lowest BCUT2D eigenvalue weighted by Crippen LogP contribution is -2.14. The van der Waals surface area contributed by atoms with Crippen molar-refractivity contribution in [1.82, 2.24) is 4.98 Å². The van der Waals surface area contributed by atoms with Gasteiger partial charge in [0.15, 0.2) is 9.84 Å². The molecule has 0 aliphatic carbocycles. The average molecular weight is 505 g/mol. The normalized spacial score (nSPS) is 11.9. The van der Waals surface area contributed by atoms with Crippen molar-refractivity contribution in [3.05, 3.63) is 64.7 Å². The monoisotopic (exact) mass is 504 g/mol. The molecule has 1 aromatic heterocycles. The second kappa shape index (κ2) is 8.62. The van der Waals surface area contributed by atoms with E-state index in [0.29, 0.717) is 0 Å². The van der Waals surface area contributed by atoms with Crippen LogP contribution in [-0.2, 0) is 19.9 Å². The summed E-state index contributed by atoms with van der Waals surface area (Å²) < 4.78 is 70.9. The maximum atomic E-state index is 14.4. The SMILES string of the molecule is COc1cncc(S(=O)(=O)Nc2c(Cl)cc(Cl)cc2-c2ccc(S(C)(=O)=O)c(F)c2)c1. The number of pyridine rings is 1. The standard InChI is InChI=1S/C19H15Cl2FN2O5S2/c1-29-13-8-14(10-23-9-13)31(27,28)24-19-15(6-12(20)7-16(19)21)11-3-4-18(17(22)5-11)30(2,25)26/h3-10,24H,1-2H3. The van der Waals surface area contributed by atoms with E-state index in [4.69, 9.17) is 27.9 Å². The van der Waals surface area contributed by atoms with Gasteiger partial charge in [0.25, 0.3) is 10.0 Å². The average Bonchev–Trinajstić information content (AvgIpc) is 2.68. The third-order valence-electron chi connectivity index (χ3n) is 4.17. The Morgan fingerprint density at radius 3 is 2.35 bits per heavy atom. The quantitative estimate of drug-likeness (QED) is 0.533. The van der Waals surface area contributed by atoms with E-state index >= 15 is 0 Å². The highest BCUT2D eigenvalue weighted by Gasteiger charge is 2.22. The van der Waals surface area contributed by atoms with Gasteiger partial charge in [-0.2, -0.15) is 0 Å². The molecule has 0 saturated carbocycles. The lowest BCUT2D eigenvalue weighted by Gasteiger charge is -2.16. The summed E-state index contributed by atoms with van der Waals surface area (Å²) in [6.45, 7) is 0. The van der Waals surface area contributed by atoms with Crippen molar-refractivity contribution in [2.75, 3.05) is 18.1 Å². The van der Waals surface area contributed by atoms with Gasteiger partial charge < -0.3 is 4.74 Å². The first-order valence-electron chi connectivity index (χ1n) is 8.43. The van der Waals surface area contributed by atoms with Gasteiger partial charge in [0.2, 0.25) is 0 Å². The van der Waals surface area contributed by atoms with Gasteiger partial charge in [-0.1, -0.05) is 29.3 Å². The van der Waals surface area contributed by atoms with E-state index in [2.05, 4.69) is 9.71 Å². The van der Waals surface area contributed by atoms with Crippen molar-refractivity contribution in [2.24, 2.45) is 0 Å². The van der Waals surface area contributed by atoms with Gasteiger partial charge in [0.1, 0.15) is 21.4 Å². The topological polar surface area (TPSA) is 102 Å². The number of anilines is 1. The smallest absolute Gasteiger partial charge is 0.263 e. The molecule has 0 spiro atoms. The minimum absolute atomic E-state index is 0.0467. The third-order valence-corrected chi connectivity index (χ3v) is 7.13. The first-order valence-corrected chi connectivity index (χ1v) is 12.6. The van der Waals surface area contributed by atoms with E-state index in [1.165, 1.54) is 37.6 Å². The maximum Gasteiger partial charge on any atom is 0.263 e. The highest BCUT2D eigenvalue weighted by Crippen LogP contribution is 2.39. The van der Waals surface area contributed by atoms with Crippen LogP contribution in [0.1, 0.15) is 0 Å².